The van der Waals surface area contributed by atoms with Gasteiger partial charge in [-0.25, -0.2) is 10.8 Å². The van der Waals surface area contributed by atoms with E-state index in [0.717, 1.165) is 48.1 Å². The summed E-state index contributed by atoms with van der Waals surface area (Å²) in [7, 11) is 0. The van der Waals surface area contributed by atoms with Crippen molar-refractivity contribution in [3.05, 3.63) is 10.9 Å². The van der Waals surface area contributed by atoms with Crippen LogP contribution < -0.4 is 16.6 Å². The van der Waals surface area contributed by atoms with Crippen LogP contribution in [0.5, 0.6) is 0 Å². The number of hydrogen-bond acceptors (Lipinski definition) is 7. The van der Waals surface area contributed by atoms with Crippen molar-refractivity contribution in [3.8, 4) is 0 Å². The average Bonchev–Trinajstić information content (AvgIpc) is 3.10. The van der Waals surface area contributed by atoms with E-state index in [1.165, 1.54) is 4.88 Å². The normalized spacial score (nSPS) is 17.3. The van der Waals surface area contributed by atoms with Gasteiger partial charge in [-0.05, 0) is 25.3 Å². The van der Waals surface area contributed by atoms with Crippen LogP contribution in [0.2, 0.25) is 0 Å². The van der Waals surface area contributed by atoms with Crippen molar-refractivity contribution in [1.29, 1.82) is 0 Å². The first-order chi connectivity index (χ1) is 10.1. The van der Waals surface area contributed by atoms with Gasteiger partial charge in [0.25, 0.3) is 0 Å². The summed E-state index contributed by atoms with van der Waals surface area (Å²) < 4.78 is 0. The topological polar surface area (TPSA) is 96.1 Å². The number of hydrogen-bond donors (Lipinski definition) is 4. The Kier molecular flexibility index (Phi) is 3.97. The third-order valence-electron chi connectivity index (χ3n) is 4.04. The minimum Gasteiger partial charge on any atom is -0.388 e. The smallest absolute Gasteiger partial charge is 0.240 e. The van der Waals surface area contributed by atoms with E-state index in [-0.39, 0.29) is 0 Å². The first kappa shape index (κ1) is 14.5. The molecule has 21 heavy (non-hydrogen) atoms. The highest BCUT2D eigenvalue weighted by Crippen LogP contribution is 2.33. The molecule has 0 aliphatic heterocycles. The van der Waals surface area contributed by atoms with E-state index < -0.39 is 5.60 Å². The molecular formula is C14H21N5OS. The van der Waals surface area contributed by atoms with Gasteiger partial charge in [-0.3, -0.25) is 5.43 Å². The number of hydrazine groups is 1. The minimum absolute atomic E-state index is 0.396. The lowest BCUT2D eigenvalue weighted by molar-refractivity contribution is 0.0614. The van der Waals surface area contributed by atoms with E-state index >= 15 is 0 Å². The van der Waals surface area contributed by atoms with Crippen LogP contribution in [0, 0.1) is 0 Å². The Balaban J connectivity index is 1.90. The maximum atomic E-state index is 10.5. The standard InChI is InChI=1S/C14H21N5OS/c1-2-9-7-10-11(16-8-14(20)5-3-4-6-14)17-13(19-15)18-12(10)21-9/h7,20H,2-6,8,15H2,1H3,(H2,16,17,18,19). The van der Waals surface area contributed by atoms with E-state index in [4.69, 9.17) is 5.84 Å². The third kappa shape index (κ3) is 2.95. The molecule has 0 atom stereocenters. The average molecular weight is 307 g/mol. The monoisotopic (exact) mass is 307 g/mol. The minimum atomic E-state index is -0.614. The lowest BCUT2D eigenvalue weighted by Gasteiger charge is -2.23. The van der Waals surface area contributed by atoms with Gasteiger partial charge in [0, 0.05) is 11.4 Å². The van der Waals surface area contributed by atoms with Crippen LogP contribution in [0.25, 0.3) is 10.2 Å². The number of rotatable bonds is 5. The summed E-state index contributed by atoms with van der Waals surface area (Å²) in [6.45, 7) is 2.63. The number of fused-ring (bicyclic) bond motifs is 1. The van der Waals surface area contributed by atoms with Gasteiger partial charge < -0.3 is 10.4 Å². The van der Waals surface area contributed by atoms with Crippen molar-refractivity contribution in [2.24, 2.45) is 5.84 Å². The molecule has 3 rings (SSSR count). The highest BCUT2D eigenvalue weighted by atomic mass is 32.1. The van der Waals surface area contributed by atoms with Crippen molar-refractivity contribution in [2.45, 2.75) is 44.6 Å². The van der Waals surface area contributed by atoms with Gasteiger partial charge in [0.05, 0.1) is 11.0 Å². The van der Waals surface area contributed by atoms with E-state index in [0.29, 0.717) is 12.5 Å². The van der Waals surface area contributed by atoms with E-state index in [2.05, 4.69) is 33.7 Å². The fourth-order valence-electron chi connectivity index (χ4n) is 2.80. The lowest BCUT2D eigenvalue weighted by Crippen LogP contribution is -2.33. The Bertz CT molecular complexity index is 636. The fourth-order valence-corrected chi connectivity index (χ4v) is 3.77. The van der Waals surface area contributed by atoms with Gasteiger partial charge in [-0.15, -0.1) is 11.3 Å². The van der Waals surface area contributed by atoms with E-state index in [1.807, 2.05) is 0 Å². The number of nitrogen functional groups attached to an aromatic ring is 1. The zero-order valence-corrected chi connectivity index (χ0v) is 13.0. The van der Waals surface area contributed by atoms with Gasteiger partial charge in [0.1, 0.15) is 10.6 Å². The Morgan fingerprint density at radius 2 is 2.14 bits per heavy atom. The molecule has 114 valence electrons. The van der Waals surface area contributed by atoms with Crippen LogP contribution in [0.1, 0.15) is 37.5 Å². The van der Waals surface area contributed by atoms with Crippen LogP contribution in [0.3, 0.4) is 0 Å². The van der Waals surface area contributed by atoms with Crippen molar-refractivity contribution in [3.63, 3.8) is 0 Å². The largest absolute Gasteiger partial charge is 0.388 e. The number of thiophene rings is 1. The first-order valence-corrected chi connectivity index (χ1v) is 8.18. The quantitative estimate of drug-likeness (QED) is 0.500. The van der Waals surface area contributed by atoms with Crippen LogP contribution in [0.15, 0.2) is 6.07 Å². The zero-order chi connectivity index (χ0) is 14.9. The van der Waals surface area contributed by atoms with Gasteiger partial charge in [-0.2, -0.15) is 4.98 Å². The third-order valence-corrected chi connectivity index (χ3v) is 5.21. The first-order valence-electron chi connectivity index (χ1n) is 7.37. The van der Waals surface area contributed by atoms with Crippen molar-refractivity contribution >= 4 is 33.3 Å². The molecule has 5 N–H and O–H groups in total. The number of nitrogens with zero attached hydrogens (tertiary/aromatic N) is 2. The Morgan fingerprint density at radius 3 is 2.81 bits per heavy atom. The number of nitrogens with two attached hydrogens (primary N) is 1. The molecule has 1 fully saturated rings. The molecule has 0 amide bonds. The molecule has 1 saturated carbocycles. The summed E-state index contributed by atoms with van der Waals surface area (Å²) in [5, 5.41) is 14.7. The predicted octanol–water partition coefficient (Wildman–Crippen LogP) is 2.26. The molecule has 6 nitrogen and oxygen atoms in total. The Labute approximate surface area is 127 Å². The van der Waals surface area contributed by atoms with Crippen LogP contribution in [-0.2, 0) is 6.42 Å². The van der Waals surface area contributed by atoms with Crippen molar-refractivity contribution < 1.29 is 5.11 Å². The van der Waals surface area contributed by atoms with Crippen molar-refractivity contribution in [2.75, 3.05) is 17.3 Å². The van der Waals surface area contributed by atoms with Gasteiger partial charge in [-0.1, -0.05) is 19.8 Å². The summed E-state index contributed by atoms with van der Waals surface area (Å²) in [6, 6.07) is 2.11. The van der Waals surface area contributed by atoms with Crippen LogP contribution >= 0.6 is 11.3 Å². The number of aromatic nitrogens is 2. The molecule has 0 spiro atoms. The summed E-state index contributed by atoms with van der Waals surface area (Å²) in [5.41, 5.74) is 1.89. The second-order valence-electron chi connectivity index (χ2n) is 5.61. The molecule has 0 saturated heterocycles. The highest BCUT2D eigenvalue weighted by Gasteiger charge is 2.31. The van der Waals surface area contributed by atoms with E-state index in [1.54, 1.807) is 11.3 Å². The number of aliphatic hydroxyl groups is 1. The maximum Gasteiger partial charge on any atom is 0.240 e. The molecule has 0 radical (unpaired) electrons. The fraction of sp³-hybridized carbons (Fsp3) is 0.571. The second kappa shape index (κ2) is 5.75. The summed E-state index contributed by atoms with van der Waals surface area (Å²) in [6.07, 6.45) is 4.84. The van der Waals surface area contributed by atoms with Gasteiger partial charge in [0.2, 0.25) is 5.95 Å². The molecule has 1 aliphatic rings. The van der Waals surface area contributed by atoms with Crippen LogP contribution in [0.4, 0.5) is 11.8 Å². The summed E-state index contributed by atoms with van der Waals surface area (Å²) in [4.78, 5) is 11.0. The maximum absolute atomic E-state index is 10.5. The van der Waals surface area contributed by atoms with Gasteiger partial charge in [0.15, 0.2) is 0 Å². The van der Waals surface area contributed by atoms with Gasteiger partial charge >= 0.3 is 0 Å². The molecule has 7 heteroatoms. The molecule has 2 aromatic rings. The SMILES string of the molecule is CCc1cc2c(NCC3(O)CCCC3)nc(NN)nc2s1. The molecule has 0 bridgehead atoms. The Hall–Kier alpha value is -1.44. The molecule has 1 aliphatic carbocycles. The van der Waals surface area contributed by atoms with E-state index in [9.17, 15) is 5.11 Å². The second-order valence-corrected chi connectivity index (χ2v) is 6.73. The zero-order valence-electron chi connectivity index (χ0n) is 12.1. The lowest BCUT2D eigenvalue weighted by atomic mass is 10.0. The number of anilines is 2. The molecule has 2 aromatic heterocycles. The molecule has 0 unspecified atom stereocenters. The van der Waals surface area contributed by atoms with Crippen molar-refractivity contribution in [1.82, 2.24) is 9.97 Å². The molecule has 0 aromatic carbocycles. The highest BCUT2D eigenvalue weighted by molar-refractivity contribution is 7.18. The number of nitrogens with one attached hydrogen (secondary N) is 2. The van der Waals surface area contributed by atoms with Crippen LogP contribution in [-0.4, -0.2) is 27.2 Å². The summed E-state index contributed by atoms with van der Waals surface area (Å²) >= 11 is 1.65. The number of aryl methyl sites for hydroxylation is 1. The molecule has 2 heterocycles. The Morgan fingerprint density at radius 1 is 1.38 bits per heavy atom. The molecular weight excluding hydrogens is 286 g/mol. The summed E-state index contributed by atoms with van der Waals surface area (Å²) in [5.74, 6) is 6.58. The predicted molar refractivity (Wildman–Crippen MR) is 86.5 cm³/mol.